The quantitative estimate of drug-likeness (QED) is 0.103. The molecule has 1 aliphatic rings. The Morgan fingerprint density at radius 1 is 1.21 bits per heavy atom. The largest absolute Gasteiger partial charge is 0.494 e. The zero-order valence-electron chi connectivity index (χ0n) is 21.2. The first-order valence-electron chi connectivity index (χ1n) is 12.4. The van der Waals surface area contributed by atoms with Gasteiger partial charge in [0.2, 0.25) is 5.90 Å². The van der Waals surface area contributed by atoms with Crippen LogP contribution < -0.4 is 10.1 Å². The van der Waals surface area contributed by atoms with E-state index in [-0.39, 0.29) is 31.3 Å². The summed E-state index contributed by atoms with van der Waals surface area (Å²) in [6, 6.07) is 19.7. The number of aliphatic hydroxyl groups excluding tert-OH is 1. The van der Waals surface area contributed by atoms with Gasteiger partial charge in [-0.25, -0.2) is 9.38 Å². The monoisotopic (exact) mass is 529 g/mol. The van der Waals surface area contributed by atoms with Crippen LogP contribution in [0.25, 0.3) is 10.4 Å². The first-order chi connectivity index (χ1) is 19.0. The maximum Gasteiger partial charge on any atom is 0.252 e. The zero-order valence-corrected chi connectivity index (χ0v) is 21.2. The molecule has 0 aliphatic carbocycles. The van der Waals surface area contributed by atoms with Gasteiger partial charge in [-0.1, -0.05) is 47.6 Å². The fourth-order valence-electron chi connectivity index (χ4n) is 4.30. The van der Waals surface area contributed by atoms with Crippen LogP contribution in [-0.4, -0.2) is 35.7 Å². The fourth-order valence-corrected chi connectivity index (χ4v) is 4.30. The highest BCUT2D eigenvalue weighted by atomic mass is 19.1. The number of aliphatic hydroxyl groups is 1. The Morgan fingerprint density at radius 2 is 1.95 bits per heavy atom. The second kappa shape index (κ2) is 12.7. The number of hydrogen-bond acceptors (Lipinski definition) is 6. The maximum atomic E-state index is 13.9. The van der Waals surface area contributed by atoms with E-state index in [0.29, 0.717) is 41.2 Å². The summed E-state index contributed by atoms with van der Waals surface area (Å²) in [6.07, 6.45) is 1.31. The normalized spacial score (nSPS) is 17.9. The molecule has 39 heavy (non-hydrogen) atoms. The molecule has 3 aromatic carbocycles. The molecular formula is C29H28FN5O4. The highest BCUT2D eigenvalue weighted by Crippen LogP contribution is 2.45. The van der Waals surface area contributed by atoms with Crippen molar-refractivity contribution in [2.75, 3.05) is 13.2 Å². The van der Waals surface area contributed by atoms with Gasteiger partial charge in [-0.15, -0.1) is 6.58 Å². The predicted octanol–water partition coefficient (Wildman–Crippen LogP) is 5.68. The standard InChI is InChI=1S/C29H28FN5O4/c1-2-16-29(28(37)32-19-20-8-12-22(30)13-9-20)26(24-6-3-4-7-25(24)34-35-31)39-27(33-29)21-10-14-23(15-11-21)38-18-5-17-36/h2-4,6-15,26,36H,1,5,16-19H2,(H,32,37)/t26-,29-/m1/s1. The first-order valence-corrected chi connectivity index (χ1v) is 12.4. The predicted molar refractivity (Wildman–Crippen MR) is 145 cm³/mol. The summed E-state index contributed by atoms with van der Waals surface area (Å²) < 4.78 is 25.3. The Bertz CT molecular complexity index is 1390. The van der Waals surface area contributed by atoms with Gasteiger partial charge in [0.1, 0.15) is 11.6 Å². The van der Waals surface area contributed by atoms with E-state index >= 15 is 0 Å². The number of ether oxygens (including phenoxy) is 2. The van der Waals surface area contributed by atoms with Gasteiger partial charge in [-0.05, 0) is 47.5 Å². The molecule has 9 nitrogen and oxygen atoms in total. The van der Waals surface area contributed by atoms with Gasteiger partial charge in [-0.3, -0.25) is 4.79 Å². The van der Waals surface area contributed by atoms with Crippen LogP contribution in [0.3, 0.4) is 0 Å². The minimum absolute atomic E-state index is 0.0377. The Hall–Kier alpha value is -4.66. The lowest BCUT2D eigenvalue weighted by atomic mass is 9.83. The molecule has 10 heteroatoms. The third-order valence-corrected chi connectivity index (χ3v) is 6.22. The zero-order chi connectivity index (χ0) is 27.7. The molecular weight excluding hydrogens is 501 g/mol. The topological polar surface area (TPSA) is 129 Å². The van der Waals surface area contributed by atoms with E-state index in [4.69, 9.17) is 25.1 Å². The number of nitrogens with zero attached hydrogens (tertiary/aromatic N) is 4. The highest BCUT2D eigenvalue weighted by Gasteiger charge is 2.52. The Labute approximate surface area is 225 Å². The number of benzene rings is 3. The Morgan fingerprint density at radius 3 is 2.64 bits per heavy atom. The van der Waals surface area contributed by atoms with Crippen molar-refractivity contribution in [1.82, 2.24) is 5.32 Å². The molecule has 0 bridgehead atoms. The SMILES string of the molecule is C=CC[C@@]1(C(=O)NCc2ccc(F)cc2)N=C(c2ccc(OCCCO)cc2)O[C@@H]1c1ccccc1N=[N+]=[N-]. The minimum atomic E-state index is -1.46. The van der Waals surface area contributed by atoms with Gasteiger partial charge < -0.3 is 19.9 Å². The van der Waals surface area contributed by atoms with Gasteiger partial charge in [0.05, 0.1) is 6.61 Å². The van der Waals surface area contributed by atoms with Crippen LogP contribution in [-0.2, 0) is 16.1 Å². The van der Waals surface area contributed by atoms with Gasteiger partial charge in [0, 0.05) is 47.7 Å². The van der Waals surface area contributed by atoms with Crippen LogP contribution in [0.4, 0.5) is 10.1 Å². The molecule has 1 aliphatic heterocycles. The molecule has 2 N–H and O–H groups in total. The van der Waals surface area contributed by atoms with Crippen molar-refractivity contribution in [1.29, 1.82) is 0 Å². The number of azide groups is 1. The molecule has 2 atom stereocenters. The lowest BCUT2D eigenvalue weighted by Gasteiger charge is -2.30. The van der Waals surface area contributed by atoms with Crippen molar-refractivity contribution in [2.24, 2.45) is 10.1 Å². The summed E-state index contributed by atoms with van der Waals surface area (Å²) in [4.78, 5) is 21.6. The van der Waals surface area contributed by atoms with Crippen LogP contribution in [0.15, 0.2) is 95.6 Å². The number of amides is 1. The first kappa shape index (κ1) is 27.4. The molecule has 0 fully saturated rings. The molecule has 0 spiro atoms. The highest BCUT2D eigenvalue weighted by molar-refractivity contribution is 6.01. The summed E-state index contributed by atoms with van der Waals surface area (Å²) >= 11 is 0. The molecule has 200 valence electrons. The maximum absolute atomic E-state index is 13.9. The lowest BCUT2D eigenvalue weighted by molar-refractivity contribution is -0.129. The van der Waals surface area contributed by atoms with Crippen molar-refractivity contribution in [2.45, 2.75) is 31.0 Å². The van der Waals surface area contributed by atoms with Crippen LogP contribution >= 0.6 is 0 Å². The van der Waals surface area contributed by atoms with Crippen LogP contribution in [0, 0.1) is 5.82 Å². The fraction of sp³-hybridized carbons (Fsp3) is 0.241. The number of carbonyl (C=O) groups is 1. The van der Waals surface area contributed by atoms with E-state index in [1.165, 1.54) is 12.1 Å². The lowest BCUT2D eigenvalue weighted by Crippen LogP contribution is -2.47. The molecule has 0 unspecified atom stereocenters. The van der Waals surface area contributed by atoms with E-state index in [0.717, 1.165) is 0 Å². The average Bonchev–Trinajstić information content (AvgIpc) is 3.34. The molecule has 4 rings (SSSR count). The van der Waals surface area contributed by atoms with Crippen molar-refractivity contribution in [3.63, 3.8) is 0 Å². The third-order valence-electron chi connectivity index (χ3n) is 6.22. The molecule has 0 saturated carbocycles. The summed E-state index contributed by atoms with van der Waals surface area (Å²) in [6.45, 7) is 4.41. The van der Waals surface area contributed by atoms with Crippen molar-refractivity contribution >= 4 is 17.5 Å². The molecule has 0 saturated heterocycles. The number of halogens is 1. The van der Waals surface area contributed by atoms with E-state index in [1.807, 2.05) is 0 Å². The molecule has 3 aromatic rings. The minimum Gasteiger partial charge on any atom is -0.494 e. The summed E-state index contributed by atoms with van der Waals surface area (Å²) in [7, 11) is 0. The Kier molecular flexibility index (Phi) is 8.94. The second-order valence-electron chi connectivity index (χ2n) is 8.84. The van der Waals surface area contributed by atoms with Crippen LogP contribution in [0.1, 0.15) is 35.6 Å². The van der Waals surface area contributed by atoms with E-state index in [1.54, 1.807) is 66.7 Å². The number of nitrogens with one attached hydrogen (secondary N) is 1. The van der Waals surface area contributed by atoms with E-state index in [2.05, 4.69) is 21.9 Å². The summed E-state index contributed by atoms with van der Waals surface area (Å²) in [5.74, 6) is 0.0551. The van der Waals surface area contributed by atoms with E-state index < -0.39 is 17.6 Å². The number of aliphatic imine (C=N–C) groups is 1. The number of rotatable bonds is 12. The molecule has 0 radical (unpaired) electrons. The van der Waals surface area contributed by atoms with Gasteiger partial charge in [0.15, 0.2) is 11.6 Å². The number of carbonyl (C=O) groups excluding carboxylic acids is 1. The number of hydrogen-bond donors (Lipinski definition) is 2. The smallest absolute Gasteiger partial charge is 0.252 e. The van der Waals surface area contributed by atoms with E-state index in [9.17, 15) is 9.18 Å². The van der Waals surface area contributed by atoms with Crippen molar-refractivity contribution in [3.05, 3.63) is 118 Å². The second-order valence-corrected chi connectivity index (χ2v) is 8.84. The van der Waals surface area contributed by atoms with Crippen LogP contribution in [0.5, 0.6) is 5.75 Å². The van der Waals surface area contributed by atoms with Crippen LogP contribution in [0.2, 0.25) is 0 Å². The van der Waals surface area contributed by atoms with Gasteiger partial charge >= 0.3 is 0 Å². The van der Waals surface area contributed by atoms with Gasteiger partial charge in [0.25, 0.3) is 5.91 Å². The van der Waals surface area contributed by atoms with Crippen molar-refractivity contribution in [3.8, 4) is 5.75 Å². The average molecular weight is 530 g/mol. The summed E-state index contributed by atoms with van der Waals surface area (Å²) in [5, 5.41) is 15.7. The summed E-state index contributed by atoms with van der Waals surface area (Å²) in [5.41, 5.74) is 9.81. The Balaban J connectivity index is 1.71. The molecule has 1 amide bonds. The van der Waals surface area contributed by atoms with Gasteiger partial charge in [-0.2, -0.15) is 0 Å². The third kappa shape index (κ3) is 6.26. The molecule has 1 heterocycles. The molecule has 0 aromatic heterocycles. The van der Waals surface area contributed by atoms with Crippen molar-refractivity contribution < 1.29 is 23.8 Å².